The van der Waals surface area contributed by atoms with Crippen molar-refractivity contribution in [2.75, 3.05) is 12.0 Å². The second-order valence-electron chi connectivity index (χ2n) is 5.61. The highest BCUT2D eigenvalue weighted by atomic mass is 35.5. The lowest BCUT2D eigenvalue weighted by atomic mass is 10.1. The highest BCUT2D eigenvalue weighted by Gasteiger charge is 2.23. The first-order valence-electron chi connectivity index (χ1n) is 8.17. The molecule has 0 aliphatic carbocycles. The molecule has 2 aromatic rings. The first kappa shape index (κ1) is 22.0. The maximum absolute atomic E-state index is 12.5. The quantitative estimate of drug-likeness (QED) is 0.574. The summed E-state index contributed by atoms with van der Waals surface area (Å²) in [4.78, 5) is 40.8. The van der Waals surface area contributed by atoms with Gasteiger partial charge in [-0.1, -0.05) is 23.2 Å². The largest absolute Gasteiger partial charge is 0.340 e. The molecular formula is C18H18Cl2N4O3S. The molecule has 0 aliphatic heterocycles. The molecule has 0 aliphatic rings. The maximum Gasteiger partial charge on any atom is 0.269 e. The molecule has 3 amide bonds. The summed E-state index contributed by atoms with van der Waals surface area (Å²) < 4.78 is 0. The van der Waals surface area contributed by atoms with Crippen molar-refractivity contribution in [2.45, 2.75) is 12.5 Å². The molecule has 10 heteroatoms. The molecule has 0 spiro atoms. The third kappa shape index (κ3) is 6.40. The molecule has 0 radical (unpaired) electrons. The number of hydrogen-bond acceptors (Lipinski definition) is 5. The number of pyridine rings is 1. The van der Waals surface area contributed by atoms with Crippen LogP contribution < -0.4 is 16.2 Å². The molecule has 148 valence electrons. The summed E-state index contributed by atoms with van der Waals surface area (Å²) in [6.45, 7) is 0. The molecular weight excluding hydrogens is 423 g/mol. The number of hydrogen-bond donors (Lipinski definition) is 3. The predicted octanol–water partition coefficient (Wildman–Crippen LogP) is 2.70. The highest BCUT2D eigenvalue weighted by molar-refractivity contribution is 7.98. The zero-order valence-electron chi connectivity index (χ0n) is 14.9. The van der Waals surface area contributed by atoms with Gasteiger partial charge in [-0.3, -0.25) is 30.2 Å². The van der Waals surface area contributed by atoms with Crippen molar-refractivity contribution in [3.63, 3.8) is 0 Å². The average molecular weight is 441 g/mol. The Kier molecular flexibility index (Phi) is 8.56. The second-order valence-corrected chi connectivity index (χ2v) is 7.44. The first-order chi connectivity index (χ1) is 13.4. The molecule has 0 bridgehead atoms. The molecule has 2 rings (SSSR count). The molecule has 1 aromatic carbocycles. The van der Waals surface area contributed by atoms with Gasteiger partial charge in [0.25, 0.3) is 17.7 Å². The summed E-state index contributed by atoms with van der Waals surface area (Å²) in [6, 6.07) is 6.63. The van der Waals surface area contributed by atoms with E-state index in [1.54, 1.807) is 0 Å². The molecule has 0 fully saturated rings. The molecule has 3 N–H and O–H groups in total. The van der Waals surface area contributed by atoms with E-state index >= 15 is 0 Å². The molecule has 1 aromatic heterocycles. The van der Waals surface area contributed by atoms with Crippen molar-refractivity contribution in [3.05, 3.63) is 63.9 Å². The van der Waals surface area contributed by atoms with Crippen molar-refractivity contribution in [1.29, 1.82) is 0 Å². The van der Waals surface area contributed by atoms with Gasteiger partial charge in [-0.05, 0) is 48.8 Å². The number of benzene rings is 1. The number of nitrogens with one attached hydrogen (secondary N) is 3. The Hall–Kier alpha value is -2.29. The van der Waals surface area contributed by atoms with E-state index in [0.717, 1.165) is 0 Å². The summed E-state index contributed by atoms with van der Waals surface area (Å²) in [5.74, 6) is -0.921. The van der Waals surface area contributed by atoms with Crippen molar-refractivity contribution in [1.82, 2.24) is 21.2 Å². The van der Waals surface area contributed by atoms with Gasteiger partial charge in [0.05, 0.1) is 10.6 Å². The lowest BCUT2D eigenvalue weighted by molar-refractivity contribution is -0.123. The topological polar surface area (TPSA) is 100 Å². The summed E-state index contributed by atoms with van der Waals surface area (Å²) in [5, 5.41) is 3.22. The first-order valence-corrected chi connectivity index (χ1v) is 10.3. The highest BCUT2D eigenvalue weighted by Crippen LogP contribution is 2.21. The van der Waals surface area contributed by atoms with Crippen LogP contribution in [0.25, 0.3) is 0 Å². The van der Waals surface area contributed by atoms with E-state index in [0.29, 0.717) is 22.8 Å². The molecule has 1 atom stereocenters. The average Bonchev–Trinajstić information content (AvgIpc) is 2.69. The second kappa shape index (κ2) is 10.9. The smallest absolute Gasteiger partial charge is 0.269 e. The van der Waals surface area contributed by atoms with Crippen LogP contribution >= 0.6 is 35.0 Å². The monoisotopic (exact) mass is 440 g/mol. The van der Waals surface area contributed by atoms with E-state index in [4.69, 9.17) is 23.2 Å². The van der Waals surface area contributed by atoms with Gasteiger partial charge in [-0.25, -0.2) is 0 Å². The van der Waals surface area contributed by atoms with Crippen LogP contribution in [0, 0.1) is 0 Å². The van der Waals surface area contributed by atoms with Crippen molar-refractivity contribution < 1.29 is 14.4 Å². The van der Waals surface area contributed by atoms with Gasteiger partial charge in [0.2, 0.25) is 0 Å². The molecule has 0 unspecified atom stereocenters. The van der Waals surface area contributed by atoms with Crippen molar-refractivity contribution in [3.8, 4) is 0 Å². The van der Waals surface area contributed by atoms with E-state index in [2.05, 4.69) is 21.2 Å². The third-order valence-corrected chi connectivity index (χ3v) is 4.84. The Labute approximate surface area is 176 Å². The molecule has 28 heavy (non-hydrogen) atoms. The van der Waals surface area contributed by atoms with E-state index in [1.807, 2.05) is 6.26 Å². The minimum absolute atomic E-state index is 0.181. The van der Waals surface area contributed by atoms with Gasteiger partial charge in [0.15, 0.2) is 0 Å². The van der Waals surface area contributed by atoms with Crippen LogP contribution in [0.5, 0.6) is 0 Å². The summed E-state index contributed by atoms with van der Waals surface area (Å²) in [6.07, 6.45) is 5.19. The van der Waals surface area contributed by atoms with Crippen LogP contribution in [-0.4, -0.2) is 40.8 Å². The van der Waals surface area contributed by atoms with E-state index in [-0.39, 0.29) is 10.6 Å². The maximum atomic E-state index is 12.5. The van der Waals surface area contributed by atoms with E-state index in [1.165, 1.54) is 54.5 Å². The minimum atomic E-state index is -0.857. The number of nitrogens with zero attached hydrogens (tertiary/aromatic N) is 1. The summed E-state index contributed by atoms with van der Waals surface area (Å²) in [7, 11) is 0. The fraction of sp³-hybridized carbons (Fsp3) is 0.222. The number of amides is 3. The summed E-state index contributed by atoms with van der Waals surface area (Å²) in [5.41, 5.74) is 5.20. The number of thioether (sulfide) groups is 1. The molecule has 1 heterocycles. The van der Waals surface area contributed by atoms with Gasteiger partial charge >= 0.3 is 0 Å². The molecule has 0 saturated carbocycles. The van der Waals surface area contributed by atoms with E-state index < -0.39 is 23.8 Å². The van der Waals surface area contributed by atoms with Gasteiger partial charge in [0, 0.05) is 23.0 Å². The molecule has 7 nitrogen and oxygen atoms in total. The Morgan fingerprint density at radius 3 is 2.43 bits per heavy atom. The standard InChI is InChI=1S/C18H18Cl2N4O3S/c1-28-9-6-15(22-17(26)13-3-2-12(19)10-14(13)20)18(27)24-23-16(25)11-4-7-21-8-5-11/h2-5,7-8,10,15H,6,9H2,1H3,(H,22,26)(H,23,25)(H,24,27)/t15-/m1/s1. The third-order valence-electron chi connectivity index (χ3n) is 3.65. The van der Waals surface area contributed by atoms with Gasteiger partial charge in [0.1, 0.15) is 6.04 Å². The zero-order chi connectivity index (χ0) is 20.5. The van der Waals surface area contributed by atoms with Crippen LogP contribution in [0.15, 0.2) is 42.7 Å². The van der Waals surface area contributed by atoms with Crippen LogP contribution in [0.2, 0.25) is 10.0 Å². The lowest BCUT2D eigenvalue weighted by Gasteiger charge is -2.19. The van der Waals surface area contributed by atoms with Crippen LogP contribution in [0.1, 0.15) is 27.1 Å². The van der Waals surface area contributed by atoms with Gasteiger partial charge in [-0.2, -0.15) is 11.8 Å². The minimum Gasteiger partial charge on any atom is -0.340 e. The van der Waals surface area contributed by atoms with Crippen LogP contribution in [0.4, 0.5) is 0 Å². The predicted molar refractivity (Wildman–Crippen MR) is 111 cm³/mol. The Morgan fingerprint density at radius 2 is 1.79 bits per heavy atom. The normalized spacial score (nSPS) is 11.4. The number of carbonyl (C=O) groups is 3. The fourth-order valence-corrected chi connectivity index (χ4v) is 3.16. The van der Waals surface area contributed by atoms with Crippen LogP contribution in [-0.2, 0) is 4.79 Å². The summed E-state index contributed by atoms with van der Waals surface area (Å²) >= 11 is 13.4. The number of halogens is 2. The van der Waals surface area contributed by atoms with Gasteiger partial charge < -0.3 is 5.32 Å². The molecule has 0 saturated heterocycles. The number of rotatable bonds is 7. The van der Waals surface area contributed by atoms with E-state index in [9.17, 15) is 14.4 Å². The Morgan fingerprint density at radius 1 is 1.07 bits per heavy atom. The number of aromatic nitrogens is 1. The van der Waals surface area contributed by atoms with Gasteiger partial charge in [-0.15, -0.1) is 0 Å². The van der Waals surface area contributed by atoms with Crippen LogP contribution in [0.3, 0.4) is 0 Å². The SMILES string of the molecule is CSCC[C@@H](NC(=O)c1ccc(Cl)cc1Cl)C(=O)NNC(=O)c1ccncc1. The number of carbonyl (C=O) groups excluding carboxylic acids is 3. The zero-order valence-corrected chi connectivity index (χ0v) is 17.2. The fourth-order valence-electron chi connectivity index (χ4n) is 2.20. The van der Waals surface area contributed by atoms with Crippen molar-refractivity contribution in [2.24, 2.45) is 0 Å². The number of hydrazine groups is 1. The Balaban J connectivity index is 2.02. The lowest BCUT2D eigenvalue weighted by Crippen LogP contribution is -2.52. The van der Waals surface area contributed by atoms with Crippen molar-refractivity contribution >= 4 is 52.7 Å². The Bertz CT molecular complexity index is 852.